The average Bonchev–Trinajstić information content (AvgIpc) is 2.90. The molecule has 0 bridgehead atoms. The van der Waals surface area contributed by atoms with Crippen LogP contribution in [0.4, 0.5) is 5.69 Å². The number of anilines is 1. The van der Waals surface area contributed by atoms with Gasteiger partial charge in [-0.25, -0.2) is 9.78 Å². The molecule has 0 spiro atoms. The Kier molecular flexibility index (Phi) is 4.51. The fraction of sp³-hybridized carbons (Fsp3) is 0.267. The Bertz CT molecular complexity index is 691. The molecule has 1 aromatic heterocycles. The second-order valence-electron chi connectivity index (χ2n) is 5.59. The van der Waals surface area contributed by atoms with E-state index in [1.54, 1.807) is 62.3 Å². The van der Waals surface area contributed by atoms with E-state index in [4.69, 9.17) is 16.3 Å². The van der Waals surface area contributed by atoms with Gasteiger partial charge in [-0.05, 0) is 39.0 Å². The van der Waals surface area contributed by atoms with Gasteiger partial charge in [0.15, 0.2) is 0 Å². The van der Waals surface area contributed by atoms with E-state index in [-0.39, 0.29) is 0 Å². The number of nitrogens with zero attached hydrogens (tertiary/aromatic N) is 2. The number of ether oxygens (including phenoxy) is 1. The number of rotatable bonds is 2. The zero-order valence-corrected chi connectivity index (χ0v) is 13.2. The SMILES string of the molecule is CC(C)(C)OC(=O)C(=O)Nc1cc(Cl)ccc1-n1ccnc1. The van der Waals surface area contributed by atoms with Crippen LogP contribution in [0, 0.1) is 0 Å². The van der Waals surface area contributed by atoms with Gasteiger partial charge in [-0.1, -0.05) is 11.6 Å². The number of aromatic nitrogens is 2. The Hall–Kier alpha value is -2.34. The standard InChI is InChI=1S/C15H16ClN3O3/c1-15(2,3)22-14(21)13(20)18-11-8-10(16)4-5-12(11)19-7-6-17-9-19/h4-9H,1-3H3,(H,18,20). The van der Waals surface area contributed by atoms with Crippen LogP contribution in [0.2, 0.25) is 5.02 Å². The highest BCUT2D eigenvalue weighted by atomic mass is 35.5. The van der Waals surface area contributed by atoms with Gasteiger partial charge >= 0.3 is 11.9 Å². The molecular formula is C15H16ClN3O3. The predicted octanol–water partition coefficient (Wildman–Crippen LogP) is 2.81. The first-order valence-electron chi connectivity index (χ1n) is 6.58. The third kappa shape index (κ3) is 4.08. The van der Waals surface area contributed by atoms with Crippen LogP contribution in [0.3, 0.4) is 0 Å². The molecule has 0 aliphatic rings. The Morgan fingerprint density at radius 3 is 2.64 bits per heavy atom. The number of nitrogens with one attached hydrogen (secondary N) is 1. The van der Waals surface area contributed by atoms with Gasteiger partial charge in [0.2, 0.25) is 0 Å². The maximum absolute atomic E-state index is 12.0. The fourth-order valence-corrected chi connectivity index (χ4v) is 1.91. The van der Waals surface area contributed by atoms with E-state index in [9.17, 15) is 9.59 Å². The number of benzene rings is 1. The number of carbonyl (C=O) groups excluding carboxylic acids is 2. The van der Waals surface area contributed by atoms with Crippen molar-refractivity contribution < 1.29 is 14.3 Å². The maximum Gasteiger partial charge on any atom is 0.397 e. The van der Waals surface area contributed by atoms with Crippen LogP contribution < -0.4 is 5.32 Å². The van der Waals surface area contributed by atoms with Gasteiger partial charge in [-0.2, -0.15) is 0 Å². The van der Waals surface area contributed by atoms with Crippen molar-refractivity contribution in [2.75, 3.05) is 5.32 Å². The molecule has 116 valence electrons. The summed E-state index contributed by atoms with van der Waals surface area (Å²) in [4.78, 5) is 27.7. The molecule has 0 saturated carbocycles. The third-order valence-electron chi connectivity index (χ3n) is 2.57. The summed E-state index contributed by atoms with van der Waals surface area (Å²) in [6.07, 6.45) is 4.90. The molecule has 1 amide bonds. The largest absolute Gasteiger partial charge is 0.453 e. The van der Waals surface area contributed by atoms with Crippen molar-refractivity contribution in [3.05, 3.63) is 41.9 Å². The smallest absolute Gasteiger partial charge is 0.397 e. The summed E-state index contributed by atoms with van der Waals surface area (Å²) in [5, 5.41) is 2.95. The van der Waals surface area contributed by atoms with Gasteiger partial charge < -0.3 is 14.6 Å². The summed E-state index contributed by atoms with van der Waals surface area (Å²) >= 11 is 5.96. The quantitative estimate of drug-likeness (QED) is 0.682. The number of hydrogen-bond acceptors (Lipinski definition) is 4. The lowest BCUT2D eigenvalue weighted by atomic mass is 10.2. The zero-order chi connectivity index (χ0) is 16.3. The fourth-order valence-electron chi connectivity index (χ4n) is 1.73. The topological polar surface area (TPSA) is 73.2 Å². The first-order chi connectivity index (χ1) is 10.3. The molecule has 0 saturated heterocycles. The lowest BCUT2D eigenvalue weighted by Crippen LogP contribution is -2.32. The third-order valence-corrected chi connectivity index (χ3v) is 2.81. The van der Waals surface area contributed by atoms with Gasteiger partial charge in [0.05, 0.1) is 17.7 Å². The molecule has 1 aromatic carbocycles. The van der Waals surface area contributed by atoms with E-state index < -0.39 is 17.5 Å². The Morgan fingerprint density at radius 2 is 2.05 bits per heavy atom. The van der Waals surface area contributed by atoms with Crippen molar-refractivity contribution in [2.45, 2.75) is 26.4 Å². The van der Waals surface area contributed by atoms with E-state index >= 15 is 0 Å². The molecule has 0 aliphatic heterocycles. The van der Waals surface area contributed by atoms with Crippen molar-refractivity contribution in [2.24, 2.45) is 0 Å². The normalized spacial score (nSPS) is 11.1. The zero-order valence-electron chi connectivity index (χ0n) is 12.5. The highest BCUT2D eigenvalue weighted by Gasteiger charge is 2.23. The number of esters is 1. The molecule has 0 fully saturated rings. The van der Waals surface area contributed by atoms with Crippen LogP contribution in [-0.2, 0) is 14.3 Å². The average molecular weight is 322 g/mol. The van der Waals surface area contributed by atoms with Gasteiger partial charge in [-0.3, -0.25) is 4.79 Å². The first-order valence-corrected chi connectivity index (χ1v) is 6.96. The number of imidazole rings is 1. The maximum atomic E-state index is 12.0. The van der Waals surface area contributed by atoms with Gasteiger partial charge in [-0.15, -0.1) is 0 Å². The van der Waals surface area contributed by atoms with Gasteiger partial charge in [0.25, 0.3) is 0 Å². The van der Waals surface area contributed by atoms with E-state index in [1.807, 2.05) is 0 Å². The summed E-state index contributed by atoms with van der Waals surface area (Å²) in [7, 11) is 0. The lowest BCUT2D eigenvalue weighted by Gasteiger charge is -2.19. The summed E-state index contributed by atoms with van der Waals surface area (Å²) in [6.45, 7) is 5.07. The number of hydrogen-bond donors (Lipinski definition) is 1. The molecule has 2 aromatic rings. The Balaban J connectivity index is 2.24. The Morgan fingerprint density at radius 1 is 1.32 bits per heavy atom. The van der Waals surface area contributed by atoms with Crippen LogP contribution in [0.15, 0.2) is 36.9 Å². The Labute approximate surface area is 133 Å². The minimum Gasteiger partial charge on any atom is -0.453 e. The molecule has 0 aliphatic carbocycles. The number of amides is 1. The molecular weight excluding hydrogens is 306 g/mol. The molecule has 22 heavy (non-hydrogen) atoms. The molecule has 2 rings (SSSR count). The lowest BCUT2D eigenvalue weighted by molar-refractivity contribution is -0.161. The molecule has 6 nitrogen and oxygen atoms in total. The van der Waals surface area contributed by atoms with Gasteiger partial charge in [0.1, 0.15) is 5.60 Å². The highest BCUT2D eigenvalue weighted by Crippen LogP contribution is 2.24. The summed E-state index contributed by atoms with van der Waals surface area (Å²) in [5.41, 5.74) is 0.288. The van der Waals surface area contributed by atoms with Gasteiger partial charge in [0, 0.05) is 17.4 Å². The second-order valence-corrected chi connectivity index (χ2v) is 6.02. The summed E-state index contributed by atoms with van der Waals surface area (Å²) in [5.74, 6) is -1.82. The monoisotopic (exact) mass is 321 g/mol. The molecule has 1 heterocycles. The first kappa shape index (κ1) is 16.0. The second kappa shape index (κ2) is 6.19. The summed E-state index contributed by atoms with van der Waals surface area (Å²) in [6, 6.07) is 4.95. The van der Waals surface area contributed by atoms with Crippen molar-refractivity contribution in [3.63, 3.8) is 0 Å². The molecule has 0 atom stereocenters. The van der Waals surface area contributed by atoms with Crippen molar-refractivity contribution in [1.82, 2.24) is 9.55 Å². The van der Waals surface area contributed by atoms with E-state index in [2.05, 4.69) is 10.3 Å². The van der Waals surface area contributed by atoms with Crippen LogP contribution >= 0.6 is 11.6 Å². The van der Waals surface area contributed by atoms with E-state index in [0.29, 0.717) is 16.4 Å². The molecule has 7 heteroatoms. The van der Waals surface area contributed by atoms with E-state index in [1.165, 1.54) is 0 Å². The van der Waals surface area contributed by atoms with Crippen LogP contribution in [0.1, 0.15) is 20.8 Å². The van der Waals surface area contributed by atoms with Crippen molar-refractivity contribution in [3.8, 4) is 5.69 Å². The van der Waals surface area contributed by atoms with Crippen molar-refractivity contribution >= 4 is 29.2 Å². The molecule has 0 unspecified atom stereocenters. The predicted molar refractivity (Wildman–Crippen MR) is 83.0 cm³/mol. The molecule has 1 N–H and O–H groups in total. The van der Waals surface area contributed by atoms with Crippen LogP contribution in [0.25, 0.3) is 5.69 Å². The minimum absolute atomic E-state index is 0.390. The summed E-state index contributed by atoms with van der Waals surface area (Å²) < 4.78 is 6.72. The van der Waals surface area contributed by atoms with Crippen molar-refractivity contribution in [1.29, 1.82) is 0 Å². The number of halogens is 1. The molecule has 0 radical (unpaired) electrons. The van der Waals surface area contributed by atoms with E-state index in [0.717, 1.165) is 0 Å². The highest BCUT2D eigenvalue weighted by molar-refractivity contribution is 6.38. The number of carbonyl (C=O) groups is 2. The van der Waals surface area contributed by atoms with Crippen LogP contribution in [-0.4, -0.2) is 27.0 Å². The van der Waals surface area contributed by atoms with Crippen LogP contribution in [0.5, 0.6) is 0 Å². The minimum atomic E-state index is -0.955.